The van der Waals surface area contributed by atoms with Crippen molar-refractivity contribution in [3.05, 3.63) is 36.3 Å². The molecule has 8 nitrogen and oxygen atoms in total. The number of pyridine rings is 1. The molecule has 0 radical (unpaired) electrons. The van der Waals surface area contributed by atoms with Gasteiger partial charge in [0, 0.05) is 58.2 Å². The van der Waals surface area contributed by atoms with Crippen molar-refractivity contribution in [2.24, 2.45) is 0 Å². The Morgan fingerprint density at radius 3 is 2.59 bits per heavy atom. The van der Waals surface area contributed by atoms with Crippen molar-refractivity contribution in [1.29, 1.82) is 0 Å². The molecule has 0 aliphatic carbocycles. The van der Waals surface area contributed by atoms with Crippen LogP contribution in [0.1, 0.15) is 5.69 Å². The van der Waals surface area contributed by atoms with Crippen molar-refractivity contribution in [3.8, 4) is 0 Å². The van der Waals surface area contributed by atoms with Crippen molar-refractivity contribution < 1.29 is 13.2 Å². The number of likely N-dealkylation sites (N-methyl/N-ethyl adjacent to an activating group) is 1. The Hall–Kier alpha value is -1.97. The zero-order valence-corrected chi connectivity index (χ0v) is 16.5. The molecule has 0 N–H and O–H groups in total. The van der Waals surface area contributed by atoms with Gasteiger partial charge in [0.25, 0.3) is 0 Å². The molecule has 146 valence electrons. The molecule has 2 atom stereocenters. The Bertz CT molecular complexity index is 922. The van der Waals surface area contributed by atoms with Gasteiger partial charge in [-0.15, -0.1) is 0 Å². The number of rotatable bonds is 4. The average molecular weight is 391 g/mol. The maximum absolute atomic E-state index is 12.3. The van der Waals surface area contributed by atoms with Crippen LogP contribution in [-0.2, 0) is 21.2 Å². The third kappa shape index (κ3) is 3.71. The van der Waals surface area contributed by atoms with Gasteiger partial charge in [0.15, 0.2) is 9.84 Å². The molecule has 4 heterocycles. The number of aromatic nitrogens is 2. The number of hydrogen-bond donors (Lipinski definition) is 0. The molecule has 0 unspecified atom stereocenters. The summed E-state index contributed by atoms with van der Waals surface area (Å²) >= 11 is 0. The second-order valence-corrected chi connectivity index (χ2v) is 9.79. The van der Waals surface area contributed by atoms with E-state index in [9.17, 15) is 13.2 Å². The van der Waals surface area contributed by atoms with Crippen LogP contribution in [0.4, 0.5) is 0 Å². The first-order chi connectivity index (χ1) is 12.8. The summed E-state index contributed by atoms with van der Waals surface area (Å²) < 4.78 is 26.6. The van der Waals surface area contributed by atoms with E-state index in [0.717, 1.165) is 17.9 Å². The molecule has 2 aromatic rings. The first kappa shape index (κ1) is 18.4. The predicted molar refractivity (Wildman–Crippen MR) is 102 cm³/mol. The van der Waals surface area contributed by atoms with Gasteiger partial charge in [0.1, 0.15) is 5.65 Å². The molecule has 0 saturated carbocycles. The number of sulfone groups is 1. The Morgan fingerprint density at radius 2 is 1.89 bits per heavy atom. The largest absolute Gasteiger partial charge is 0.348 e. The highest BCUT2D eigenvalue weighted by Gasteiger charge is 2.46. The summed E-state index contributed by atoms with van der Waals surface area (Å²) in [4.78, 5) is 22.6. The maximum Gasteiger partial charge on any atom is 0.236 e. The zero-order valence-electron chi connectivity index (χ0n) is 15.7. The fourth-order valence-corrected chi connectivity index (χ4v) is 6.12. The highest BCUT2D eigenvalue weighted by molar-refractivity contribution is 7.91. The number of nitrogens with zero attached hydrogens (tertiary/aromatic N) is 5. The number of fused-ring (bicyclic) bond motifs is 2. The molecule has 0 aromatic carbocycles. The molecule has 0 bridgehead atoms. The van der Waals surface area contributed by atoms with Crippen molar-refractivity contribution >= 4 is 21.4 Å². The van der Waals surface area contributed by atoms with Crippen LogP contribution in [0.15, 0.2) is 30.6 Å². The van der Waals surface area contributed by atoms with Gasteiger partial charge in [-0.1, -0.05) is 6.07 Å². The van der Waals surface area contributed by atoms with Crippen molar-refractivity contribution in [3.63, 3.8) is 0 Å². The van der Waals surface area contributed by atoms with E-state index in [1.165, 1.54) is 0 Å². The molecular weight excluding hydrogens is 366 g/mol. The number of piperazine rings is 1. The Labute approximate surface area is 159 Å². The number of imidazole rings is 1. The van der Waals surface area contributed by atoms with Gasteiger partial charge in [-0.2, -0.15) is 0 Å². The van der Waals surface area contributed by atoms with Gasteiger partial charge in [0.2, 0.25) is 5.91 Å². The zero-order chi connectivity index (χ0) is 19.2. The van der Waals surface area contributed by atoms with E-state index in [2.05, 4.69) is 9.88 Å². The minimum Gasteiger partial charge on any atom is -0.348 e. The molecule has 2 fully saturated rings. The van der Waals surface area contributed by atoms with E-state index in [1.54, 1.807) is 19.0 Å². The van der Waals surface area contributed by atoms with Crippen LogP contribution in [0.5, 0.6) is 0 Å². The second-order valence-electron chi connectivity index (χ2n) is 7.64. The molecule has 27 heavy (non-hydrogen) atoms. The summed E-state index contributed by atoms with van der Waals surface area (Å²) in [5.41, 5.74) is 1.82. The van der Waals surface area contributed by atoms with Gasteiger partial charge < -0.3 is 9.30 Å². The van der Waals surface area contributed by atoms with Gasteiger partial charge in [-0.25, -0.2) is 13.4 Å². The molecule has 4 rings (SSSR count). The summed E-state index contributed by atoms with van der Waals surface area (Å²) in [5.74, 6) is 0.282. The predicted octanol–water partition coefficient (Wildman–Crippen LogP) is -0.294. The first-order valence-corrected chi connectivity index (χ1v) is 11.0. The molecule has 9 heteroatoms. The van der Waals surface area contributed by atoms with Crippen LogP contribution >= 0.6 is 0 Å². The minimum absolute atomic E-state index is 0.00634. The monoisotopic (exact) mass is 391 g/mol. The SMILES string of the molecule is CN(C)C(=O)CN1CCN(Cc2cn3ccccc3n2)[C@@H]2CS(=O)(=O)C[C@@H]21. The lowest BCUT2D eigenvalue weighted by molar-refractivity contribution is -0.131. The lowest BCUT2D eigenvalue weighted by Gasteiger charge is -2.43. The average Bonchev–Trinajstić information content (AvgIpc) is 3.16. The van der Waals surface area contributed by atoms with E-state index in [-0.39, 0.29) is 36.0 Å². The molecule has 1 amide bonds. The van der Waals surface area contributed by atoms with Gasteiger partial charge >= 0.3 is 0 Å². The number of hydrogen-bond acceptors (Lipinski definition) is 6. The highest BCUT2D eigenvalue weighted by Crippen LogP contribution is 2.28. The number of carbonyl (C=O) groups is 1. The molecule has 2 aliphatic rings. The molecule has 2 aliphatic heterocycles. The second kappa shape index (κ2) is 6.88. The van der Waals surface area contributed by atoms with Crippen LogP contribution < -0.4 is 0 Å². The van der Waals surface area contributed by atoms with Crippen molar-refractivity contribution in [1.82, 2.24) is 24.1 Å². The minimum atomic E-state index is -3.10. The summed E-state index contributed by atoms with van der Waals surface area (Å²) in [5, 5.41) is 0. The van der Waals surface area contributed by atoms with Gasteiger partial charge in [0.05, 0.1) is 23.7 Å². The Morgan fingerprint density at radius 1 is 1.19 bits per heavy atom. The van der Waals surface area contributed by atoms with Crippen LogP contribution in [-0.4, -0.2) is 95.7 Å². The van der Waals surface area contributed by atoms with E-state index in [1.807, 2.05) is 39.9 Å². The third-order valence-electron chi connectivity index (χ3n) is 5.52. The van der Waals surface area contributed by atoms with Crippen molar-refractivity contribution in [2.45, 2.75) is 18.6 Å². The standard InChI is InChI=1S/C18H25N5O3S/c1-20(2)18(24)11-22-8-7-21(15-12-27(25,26)13-16(15)22)9-14-10-23-6-4-3-5-17(23)19-14/h3-6,10,15-16H,7-9,11-13H2,1-2H3/t15-,16+/m1/s1. The topological polar surface area (TPSA) is 78.2 Å². The summed E-state index contributed by atoms with van der Waals surface area (Å²) in [6.07, 6.45) is 3.95. The smallest absolute Gasteiger partial charge is 0.236 e. The lowest BCUT2D eigenvalue weighted by atomic mass is 10.0. The van der Waals surface area contributed by atoms with Crippen LogP contribution in [0.3, 0.4) is 0 Å². The third-order valence-corrected chi connectivity index (χ3v) is 7.22. The highest BCUT2D eigenvalue weighted by atomic mass is 32.2. The fraction of sp³-hybridized carbons (Fsp3) is 0.556. The summed E-state index contributed by atoms with van der Waals surface area (Å²) in [6.45, 7) is 2.30. The van der Waals surface area contributed by atoms with Crippen LogP contribution in [0, 0.1) is 0 Å². The molecule has 2 aromatic heterocycles. The Kier molecular flexibility index (Phi) is 4.69. The Balaban J connectivity index is 1.54. The van der Waals surface area contributed by atoms with Crippen LogP contribution in [0.25, 0.3) is 5.65 Å². The summed E-state index contributed by atoms with van der Waals surface area (Å²) in [7, 11) is 0.353. The van der Waals surface area contributed by atoms with Gasteiger partial charge in [-0.3, -0.25) is 14.6 Å². The van der Waals surface area contributed by atoms with Gasteiger partial charge in [-0.05, 0) is 12.1 Å². The molecular formula is C18H25N5O3S. The van der Waals surface area contributed by atoms with Crippen molar-refractivity contribution in [2.75, 3.05) is 45.2 Å². The first-order valence-electron chi connectivity index (χ1n) is 9.14. The normalized spacial score (nSPS) is 25.6. The quantitative estimate of drug-likeness (QED) is 0.713. The number of amides is 1. The van der Waals surface area contributed by atoms with E-state index >= 15 is 0 Å². The van der Waals surface area contributed by atoms with E-state index in [0.29, 0.717) is 13.1 Å². The molecule has 2 saturated heterocycles. The van der Waals surface area contributed by atoms with E-state index < -0.39 is 9.84 Å². The molecule has 0 spiro atoms. The van der Waals surface area contributed by atoms with E-state index in [4.69, 9.17) is 0 Å². The fourth-order valence-electron chi connectivity index (χ4n) is 4.08. The lowest BCUT2D eigenvalue weighted by Crippen LogP contribution is -2.60. The maximum atomic E-state index is 12.3. The number of carbonyl (C=O) groups excluding carboxylic acids is 1. The summed E-state index contributed by atoms with van der Waals surface area (Å²) in [6, 6.07) is 5.63. The van der Waals surface area contributed by atoms with Crippen LogP contribution in [0.2, 0.25) is 0 Å².